The van der Waals surface area contributed by atoms with E-state index in [0.29, 0.717) is 6.61 Å². The predicted molar refractivity (Wildman–Crippen MR) is 82.8 cm³/mol. The Labute approximate surface area is 124 Å². The Morgan fingerprint density at radius 2 is 1.95 bits per heavy atom. The lowest BCUT2D eigenvalue weighted by molar-refractivity contribution is 0.302. The fourth-order valence-corrected chi connectivity index (χ4v) is 2.89. The van der Waals surface area contributed by atoms with E-state index in [1.165, 1.54) is 10.8 Å². The van der Waals surface area contributed by atoms with Gasteiger partial charge in [-0.05, 0) is 42.0 Å². The fourth-order valence-electron chi connectivity index (χ4n) is 1.92. The zero-order valence-corrected chi connectivity index (χ0v) is 12.8. The summed E-state index contributed by atoms with van der Waals surface area (Å²) in [6.07, 6.45) is 0. The summed E-state index contributed by atoms with van der Waals surface area (Å²) in [5.74, 6) is 0.875. The molecule has 19 heavy (non-hydrogen) atoms. The topological polar surface area (TPSA) is 22.1 Å². The number of hydrogen-bond donors (Lipinski definition) is 0. The van der Waals surface area contributed by atoms with Crippen LogP contribution in [0.1, 0.15) is 10.7 Å². The molecule has 0 N–H and O–H groups in total. The minimum Gasteiger partial charge on any atom is -0.487 e. The molecule has 0 aliphatic carbocycles. The molecule has 0 unspecified atom stereocenters. The highest BCUT2D eigenvalue weighted by molar-refractivity contribution is 9.10. The van der Waals surface area contributed by atoms with Gasteiger partial charge < -0.3 is 4.74 Å². The Morgan fingerprint density at radius 1 is 1.16 bits per heavy atom. The number of benzene rings is 2. The third kappa shape index (κ3) is 2.96. The molecule has 3 aromatic rings. The van der Waals surface area contributed by atoms with E-state index >= 15 is 0 Å². The first-order valence-corrected chi connectivity index (χ1v) is 7.61. The van der Waals surface area contributed by atoms with Crippen LogP contribution in [0.5, 0.6) is 5.75 Å². The van der Waals surface area contributed by atoms with Crippen LogP contribution in [0.2, 0.25) is 0 Å². The Balaban J connectivity index is 1.79. The van der Waals surface area contributed by atoms with E-state index < -0.39 is 0 Å². The first-order valence-electron chi connectivity index (χ1n) is 5.94. The van der Waals surface area contributed by atoms with Crippen LogP contribution in [-0.2, 0) is 6.61 Å². The third-order valence-electron chi connectivity index (χ3n) is 2.83. The van der Waals surface area contributed by atoms with E-state index in [2.05, 4.69) is 45.2 Å². The van der Waals surface area contributed by atoms with Crippen molar-refractivity contribution in [1.29, 1.82) is 0 Å². The van der Waals surface area contributed by atoms with Crippen LogP contribution in [0, 0.1) is 6.92 Å². The first-order chi connectivity index (χ1) is 9.20. The lowest BCUT2D eigenvalue weighted by Crippen LogP contribution is -1.95. The molecule has 0 fully saturated rings. The van der Waals surface area contributed by atoms with Crippen LogP contribution in [0.3, 0.4) is 0 Å². The highest BCUT2D eigenvalue weighted by Gasteiger charge is 2.01. The second-order valence-electron chi connectivity index (χ2n) is 4.30. The number of hydrogen-bond acceptors (Lipinski definition) is 3. The van der Waals surface area contributed by atoms with Gasteiger partial charge in [-0.1, -0.05) is 28.1 Å². The third-order valence-corrected chi connectivity index (χ3v) is 4.14. The fraction of sp³-hybridized carbons (Fsp3) is 0.133. The maximum atomic E-state index is 5.78. The molecular weight excluding hydrogens is 322 g/mol. The number of aromatic nitrogens is 1. The van der Waals surface area contributed by atoms with Crippen LogP contribution in [0.15, 0.2) is 46.3 Å². The summed E-state index contributed by atoms with van der Waals surface area (Å²) in [7, 11) is 0. The Hall–Kier alpha value is -1.39. The van der Waals surface area contributed by atoms with Gasteiger partial charge >= 0.3 is 0 Å². The van der Waals surface area contributed by atoms with Gasteiger partial charge in [-0.15, -0.1) is 11.3 Å². The van der Waals surface area contributed by atoms with Crippen LogP contribution in [0.4, 0.5) is 0 Å². The average Bonchev–Trinajstić information content (AvgIpc) is 2.82. The van der Waals surface area contributed by atoms with Crippen molar-refractivity contribution < 1.29 is 4.74 Å². The minimum absolute atomic E-state index is 0.520. The summed E-state index contributed by atoms with van der Waals surface area (Å²) in [6, 6.07) is 12.3. The smallest absolute Gasteiger partial charge is 0.131 e. The molecule has 1 aromatic heterocycles. The van der Waals surface area contributed by atoms with Gasteiger partial charge in [-0.25, -0.2) is 4.98 Å². The molecule has 0 radical (unpaired) electrons. The number of halogens is 1. The zero-order valence-electron chi connectivity index (χ0n) is 10.4. The molecule has 0 atom stereocenters. The van der Waals surface area contributed by atoms with Gasteiger partial charge in [0.2, 0.25) is 0 Å². The van der Waals surface area contributed by atoms with E-state index in [9.17, 15) is 0 Å². The molecule has 1 heterocycles. The maximum absolute atomic E-state index is 5.78. The highest BCUT2D eigenvalue weighted by atomic mass is 79.9. The monoisotopic (exact) mass is 333 g/mol. The molecule has 0 saturated carbocycles. The van der Waals surface area contributed by atoms with Gasteiger partial charge in [-0.2, -0.15) is 0 Å². The van der Waals surface area contributed by atoms with Crippen molar-refractivity contribution in [3.05, 3.63) is 57.0 Å². The van der Waals surface area contributed by atoms with Gasteiger partial charge in [0.05, 0.1) is 10.7 Å². The summed E-state index contributed by atoms with van der Waals surface area (Å²) >= 11 is 5.12. The van der Waals surface area contributed by atoms with Gasteiger partial charge in [0.25, 0.3) is 0 Å². The Kier molecular flexibility index (Phi) is 3.53. The van der Waals surface area contributed by atoms with Gasteiger partial charge in [-0.3, -0.25) is 0 Å². The molecule has 0 bridgehead atoms. The summed E-state index contributed by atoms with van der Waals surface area (Å²) in [5.41, 5.74) is 0.985. The van der Waals surface area contributed by atoms with Crippen molar-refractivity contribution in [2.45, 2.75) is 13.5 Å². The standard InChI is InChI=1S/C15H12BrNOS/c1-10-17-14(9-19-10)8-18-15-5-3-11-6-13(16)4-2-12(11)7-15/h2-7,9H,8H2,1H3. The number of nitrogens with zero attached hydrogens (tertiary/aromatic N) is 1. The van der Waals surface area contributed by atoms with E-state index in [1.807, 2.05) is 24.4 Å². The van der Waals surface area contributed by atoms with Crippen molar-refractivity contribution >= 4 is 38.0 Å². The second kappa shape index (κ2) is 5.31. The summed E-state index contributed by atoms with van der Waals surface area (Å²) in [6.45, 7) is 2.52. The summed E-state index contributed by atoms with van der Waals surface area (Å²) in [5, 5.41) is 5.48. The van der Waals surface area contributed by atoms with Gasteiger partial charge in [0.1, 0.15) is 12.4 Å². The largest absolute Gasteiger partial charge is 0.487 e. The lowest BCUT2D eigenvalue weighted by atomic mass is 10.1. The van der Waals surface area contributed by atoms with E-state index in [-0.39, 0.29) is 0 Å². The average molecular weight is 334 g/mol. The molecule has 0 aliphatic heterocycles. The van der Waals surface area contributed by atoms with E-state index in [1.54, 1.807) is 11.3 Å². The molecule has 0 spiro atoms. The van der Waals surface area contributed by atoms with Gasteiger partial charge in [0.15, 0.2) is 0 Å². The van der Waals surface area contributed by atoms with Crippen LogP contribution >= 0.6 is 27.3 Å². The molecule has 0 aliphatic rings. The number of ether oxygens (including phenoxy) is 1. The van der Waals surface area contributed by atoms with Gasteiger partial charge in [0, 0.05) is 9.85 Å². The Bertz CT molecular complexity index is 723. The summed E-state index contributed by atoms with van der Waals surface area (Å²) in [4.78, 5) is 4.39. The number of aryl methyl sites for hydroxylation is 1. The Morgan fingerprint density at radius 3 is 2.74 bits per heavy atom. The van der Waals surface area contributed by atoms with E-state index in [4.69, 9.17) is 4.74 Å². The van der Waals surface area contributed by atoms with Crippen molar-refractivity contribution in [1.82, 2.24) is 4.98 Å². The second-order valence-corrected chi connectivity index (χ2v) is 6.28. The number of thiazole rings is 1. The molecule has 96 valence electrons. The quantitative estimate of drug-likeness (QED) is 0.676. The highest BCUT2D eigenvalue weighted by Crippen LogP contribution is 2.24. The summed E-state index contributed by atoms with van der Waals surface area (Å²) < 4.78 is 6.87. The van der Waals surface area contributed by atoms with Crippen LogP contribution < -0.4 is 4.74 Å². The molecule has 2 nitrogen and oxygen atoms in total. The van der Waals surface area contributed by atoms with Crippen molar-refractivity contribution in [2.24, 2.45) is 0 Å². The maximum Gasteiger partial charge on any atom is 0.131 e. The van der Waals surface area contributed by atoms with Crippen molar-refractivity contribution in [2.75, 3.05) is 0 Å². The molecule has 4 heteroatoms. The molecule has 0 saturated heterocycles. The van der Waals surface area contributed by atoms with Crippen molar-refractivity contribution in [3.63, 3.8) is 0 Å². The number of fused-ring (bicyclic) bond motifs is 1. The number of rotatable bonds is 3. The normalized spacial score (nSPS) is 10.8. The SMILES string of the molecule is Cc1nc(COc2ccc3cc(Br)ccc3c2)cs1. The zero-order chi connectivity index (χ0) is 13.2. The van der Waals surface area contributed by atoms with Crippen LogP contribution in [-0.4, -0.2) is 4.98 Å². The van der Waals surface area contributed by atoms with Crippen molar-refractivity contribution in [3.8, 4) is 5.75 Å². The minimum atomic E-state index is 0.520. The molecule has 3 rings (SSSR count). The first kappa shape index (κ1) is 12.6. The molecule has 2 aromatic carbocycles. The lowest BCUT2D eigenvalue weighted by Gasteiger charge is -2.06. The van der Waals surface area contributed by atoms with Crippen LogP contribution in [0.25, 0.3) is 10.8 Å². The molecule has 0 amide bonds. The van der Waals surface area contributed by atoms with E-state index in [0.717, 1.165) is 20.9 Å². The predicted octanol–water partition coefficient (Wildman–Crippen LogP) is 4.95. The molecular formula is C15H12BrNOS.